The molecule has 2 aromatic rings. The number of benzene rings is 1. The Morgan fingerprint density at radius 2 is 2.05 bits per heavy atom. The second-order valence-electron chi connectivity index (χ2n) is 3.90. The highest BCUT2D eigenvalue weighted by Crippen LogP contribution is 2.14. The van der Waals surface area contributed by atoms with Crippen molar-refractivity contribution in [2.45, 2.75) is 6.42 Å². The van der Waals surface area contributed by atoms with Crippen LogP contribution in [0.15, 0.2) is 34.9 Å². The minimum Gasteiger partial charge on any atom is -0.497 e. The summed E-state index contributed by atoms with van der Waals surface area (Å²) in [4.78, 5) is 26.2. The van der Waals surface area contributed by atoms with E-state index in [1.807, 2.05) is 0 Å². The lowest BCUT2D eigenvalue weighted by Crippen LogP contribution is -2.12. The van der Waals surface area contributed by atoms with Gasteiger partial charge in [0.1, 0.15) is 12.0 Å². The SMILES string of the molecule is COc1ccc(C(=O)Nc2nc(CC(=O)O)co2)cc1. The lowest BCUT2D eigenvalue weighted by atomic mass is 10.2. The predicted molar refractivity (Wildman–Crippen MR) is 68.8 cm³/mol. The number of carboxylic acid groups (broad SMARTS) is 1. The van der Waals surface area contributed by atoms with E-state index < -0.39 is 11.9 Å². The number of carbonyl (C=O) groups excluding carboxylic acids is 1. The first kappa shape index (κ1) is 13.6. The molecule has 104 valence electrons. The lowest BCUT2D eigenvalue weighted by molar-refractivity contribution is -0.136. The molecule has 0 atom stereocenters. The van der Waals surface area contributed by atoms with Crippen molar-refractivity contribution in [2.24, 2.45) is 0 Å². The van der Waals surface area contributed by atoms with Gasteiger partial charge in [-0.1, -0.05) is 0 Å². The van der Waals surface area contributed by atoms with Gasteiger partial charge in [0, 0.05) is 5.56 Å². The molecule has 1 aromatic carbocycles. The summed E-state index contributed by atoms with van der Waals surface area (Å²) < 4.78 is 9.96. The van der Waals surface area contributed by atoms with Crippen LogP contribution in [-0.2, 0) is 11.2 Å². The second-order valence-corrected chi connectivity index (χ2v) is 3.90. The van der Waals surface area contributed by atoms with Crippen molar-refractivity contribution in [3.05, 3.63) is 41.8 Å². The van der Waals surface area contributed by atoms with Crippen LogP contribution in [0.25, 0.3) is 0 Å². The van der Waals surface area contributed by atoms with Crippen molar-refractivity contribution in [3.8, 4) is 5.75 Å². The van der Waals surface area contributed by atoms with Gasteiger partial charge in [-0.15, -0.1) is 0 Å². The van der Waals surface area contributed by atoms with Gasteiger partial charge in [0.25, 0.3) is 5.91 Å². The molecule has 7 nitrogen and oxygen atoms in total. The molecule has 0 aliphatic rings. The highest BCUT2D eigenvalue weighted by Gasteiger charge is 2.12. The molecule has 0 saturated carbocycles. The maximum Gasteiger partial charge on any atom is 0.309 e. The van der Waals surface area contributed by atoms with Crippen LogP contribution in [0.3, 0.4) is 0 Å². The van der Waals surface area contributed by atoms with E-state index in [9.17, 15) is 9.59 Å². The number of aromatic nitrogens is 1. The zero-order chi connectivity index (χ0) is 14.5. The highest BCUT2D eigenvalue weighted by molar-refractivity contribution is 6.03. The van der Waals surface area contributed by atoms with Crippen LogP contribution in [0.1, 0.15) is 16.1 Å². The number of hydrogen-bond acceptors (Lipinski definition) is 5. The van der Waals surface area contributed by atoms with E-state index in [2.05, 4.69) is 10.3 Å². The van der Waals surface area contributed by atoms with Crippen molar-refractivity contribution in [1.29, 1.82) is 0 Å². The van der Waals surface area contributed by atoms with E-state index in [4.69, 9.17) is 14.3 Å². The molecule has 20 heavy (non-hydrogen) atoms. The van der Waals surface area contributed by atoms with Crippen LogP contribution in [0.2, 0.25) is 0 Å². The number of anilines is 1. The second kappa shape index (κ2) is 5.87. The van der Waals surface area contributed by atoms with Crippen molar-refractivity contribution in [1.82, 2.24) is 4.98 Å². The van der Waals surface area contributed by atoms with Crippen LogP contribution in [0.4, 0.5) is 6.01 Å². The Balaban J connectivity index is 2.03. The summed E-state index contributed by atoms with van der Waals surface area (Å²) in [6.07, 6.45) is 0.930. The topological polar surface area (TPSA) is 102 Å². The fraction of sp³-hybridized carbons (Fsp3) is 0.154. The average Bonchev–Trinajstić information content (AvgIpc) is 2.85. The van der Waals surface area contributed by atoms with Gasteiger partial charge in [0.2, 0.25) is 0 Å². The van der Waals surface area contributed by atoms with E-state index in [0.717, 1.165) is 0 Å². The first-order chi connectivity index (χ1) is 9.58. The molecule has 0 radical (unpaired) electrons. The van der Waals surface area contributed by atoms with Gasteiger partial charge in [-0.05, 0) is 24.3 Å². The van der Waals surface area contributed by atoms with Crippen LogP contribution >= 0.6 is 0 Å². The van der Waals surface area contributed by atoms with Gasteiger partial charge >= 0.3 is 12.0 Å². The molecule has 2 rings (SSSR count). The van der Waals surface area contributed by atoms with Crippen LogP contribution in [0, 0.1) is 0 Å². The molecule has 1 aromatic heterocycles. The number of hydrogen-bond donors (Lipinski definition) is 2. The number of oxazole rings is 1. The van der Waals surface area contributed by atoms with Gasteiger partial charge in [-0.25, -0.2) is 0 Å². The third-order valence-electron chi connectivity index (χ3n) is 2.46. The number of nitrogens with one attached hydrogen (secondary N) is 1. The minimum absolute atomic E-state index is 0.0398. The van der Waals surface area contributed by atoms with E-state index in [1.165, 1.54) is 13.4 Å². The summed E-state index contributed by atoms with van der Waals surface area (Å²) in [5.41, 5.74) is 0.645. The van der Waals surface area contributed by atoms with Gasteiger partial charge in [0.15, 0.2) is 0 Å². The average molecular weight is 276 g/mol. The molecule has 0 unspecified atom stereocenters. The summed E-state index contributed by atoms with van der Waals surface area (Å²) in [6, 6.07) is 6.45. The summed E-state index contributed by atoms with van der Waals surface area (Å²) >= 11 is 0. The molecule has 0 saturated heterocycles. The molecule has 1 heterocycles. The molecular weight excluding hydrogens is 264 g/mol. The molecular formula is C13H12N2O5. The monoisotopic (exact) mass is 276 g/mol. The smallest absolute Gasteiger partial charge is 0.309 e. The van der Waals surface area contributed by atoms with E-state index in [0.29, 0.717) is 11.3 Å². The fourth-order valence-electron chi connectivity index (χ4n) is 1.51. The minimum atomic E-state index is -1.02. The van der Waals surface area contributed by atoms with Crippen LogP contribution in [-0.4, -0.2) is 29.1 Å². The number of carbonyl (C=O) groups is 2. The quantitative estimate of drug-likeness (QED) is 0.859. The van der Waals surface area contributed by atoms with Gasteiger partial charge in [-0.2, -0.15) is 4.98 Å². The van der Waals surface area contributed by atoms with Crippen molar-refractivity contribution < 1.29 is 23.8 Å². The molecule has 7 heteroatoms. The molecule has 0 spiro atoms. The first-order valence-corrected chi connectivity index (χ1v) is 5.70. The van der Waals surface area contributed by atoms with Gasteiger partial charge in [-0.3, -0.25) is 14.9 Å². The number of amides is 1. The first-order valence-electron chi connectivity index (χ1n) is 5.70. The number of ether oxygens (including phenoxy) is 1. The Morgan fingerprint density at radius 1 is 1.35 bits per heavy atom. The Labute approximate surface area is 114 Å². The Bertz CT molecular complexity index is 618. The lowest BCUT2D eigenvalue weighted by Gasteiger charge is -2.02. The van der Waals surface area contributed by atoms with Gasteiger partial charge in [0.05, 0.1) is 19.2 Å². The Hall–Kier alpha value is -2.83. The zero-order valence-electron chi connectivity index (χ0n) is 10.6. The standard InChI is InChI=1S/C13H12N2O5/c1-19-10-4-2-8(3-5-10)12(18)15-13-14-9(7-20-13)6-11(16)17/h2-5,7H,6H2,1H3,(H,16,17)(H,14,15,18). The number of aliphatic carboxylic acids is 1. The Kier molecular flexibility index (Phi) is 3.99. The number of carboxylic acids is 1. The largest absolute Gasteiger partial charge is 0.497 e. The van der Waals surface area contributed by atoms with E-state index >= 15 is 0 Å². The van der Waals surface area contributed by atoms with Gasteiger partial charge < -0.3 is 14.3 Å². The molecule has 0 fully saturated rings. The van der Waals surface area contributed by atoms with Crippen molar-refractivity contribution >= 4 is 17.9 Å². The maximum atomic E-state index is 11.9. The normalized spacial score (nSPS) is 10.1. The summed E-state index contributed by atoms with van der Waals surface area (Å²) in [7, 11) is 1.53. The fourth-order valence-corrected chi connectivity index (χ4v) is 1.51. The number of rotatable bonds is 5. The summed E-state index contributed by atoms with van der Waals surface area (Å²) in [5, 5.41) is 11.0. The number of methoxy groups -OCH3 is 1. The summed E-state index contributed by atoms with van der Waals surface area (Å²) in [5.74, 6) is -0.788. The molecule has 2 N–H and O–H groups in total. The number of nitrogens with zero attached hydrogens (tertiary/aromatic N) is 1. The Morgan fingerprint density at radius 3 is 2.65 bits per heavy atom. The third-order valence-corrected chi connectivity index (χ3v) is 2.46. The molecule has 0 bridgehead atoms. The molecule has 0 aliphatic carbocycles. The van der Waals surface area contributed by atoms with Crippen molar-refractivity contribution in [3.63, 3.8) is 0 Å². The van der Waals surface area contributed by atoms with E-state index in [1.54, 1.807) is 24.3 Å². The van der Waals surface area contributed by atoms with Crippen LogP contribution in [0.5, 0.6) is 5.75 Å². The summed E-state index contributed by atoms with van der Waals surface area (Å²) in [6.45, 7) is 0. The zero-order valence-corrected chi connectivity index (χ0v) is 10.6. The van der Waals surface area contributed by atoms with E-state index in [-0.39, 0.29) is 18.1 Å². The molecule has 0 aliphatic heterocycles. The molecule has 1 amide bonds. The third kappa shape index (κ3) is 3.35. The highest BCUT2D eigenvalue weighted by atomic mass is 16.5. The predicted octanol–water partition coefficient (Wildman–Crippen LogP) is 1.56. The van der Waals surface area contributed by atoms with Crippen LogP contribution < -0.4 is 10.1 Å². The van der Waals surface area contributed by atoms with Crippen molar-refractivity contribution in [2.75, 3.05) is 12.4 Å². The maximum absolute atomic E-state index is 11.9.